The molecule has 2 amide bonds. The van der Waals surface area contributed by atoms with E-state index in [0.29, 0.717) is 12.2 Å². The van der Waals surface area contributed by atoms with Gasteiger partial charge >= 0.3 is 12.3 Å². The van der Waals surface area contributed by atoms with Crippen molar-refractivity contribution in [1.29, 1.82) is 0 Å². The highest BCUT2D eigenvalue weighted by Crippen LogP contribution is 2.22. The van der Waals surface area contributed by atoms with Gasteiger partial charge in [-0.25, -0.2) is 4.79 Å². The third-order valence-electron chi connectivity index (χ3n) is 3.81. The van der Waals surface area contributed by atoms with Crippen molar-refractivity contribution in [2.75, 3.05) is 0 Å². The number of Topliss-reactive ketones (excluding diaryl/α,β-unsaturated/α-hetero) is 1. The van der Waals surface area contributed by atoms with E-state index in [0.717, 1.165) is 5.56 Å². The van der Waals surface area contributed by atoms with Gasteiger partial charge in [0.1, 0.15) is 11.6 Å². The van der Waals surface area contributed by atoms with Crippen LogP contribution in [0.5, 0.6) is 0 Å². The number of carbonyl (C=O) groups is 3. The summed E-state index contributed by atoms with van der Waals surface area (Å²) in [6.07, 6.45) is -7.69. The fourth-order valence-corrected chi connectivity index (χ4v) is 2.37. The van der Waals surface area contributed by atoms with E-state index in [2.05, 4.69) is 5.32 Å². The summed E-state index contributed by atoms with van der Waals surface area (Å²) in [6.45, 7) is 10.6. The summed E-state index contributed by atoms with van der Waals surface area (Å²) in [4.78, 5) is 36.2. The number of alkyl halides is 3. The Hall–Kier alpha value is -2.62. The largest absolute Gasteiger partial charge is 0.444 e. The number of ketones is 1. The highest BCUT2D eigenvalue weighted by molar-refractivity contribution is 6.38. The second-order valence-electron chi connectivity index (χ2n) is 9.28. The third-order valence-corrected chi connectivity index (χ3v) is 3.81. The van der Waals surface area contributed by atoms with Gasteiger partial charge in [0.05, 0.1) is 18.6 Å². The van der Waals surface area contributed by atoms with E-state index in [4.69, 9.17) is 9.47 Å². The molecule has 1 aromatic rings. The predicted octanol–water partition coefficient (Wildman–Crippen LogP) is 4.03. The molecule has 0 aliphatic heterocycles. The lowest BCUT2D eigenvalue weighted by molar-refractivity contribution is -0.152. The second kappa shape index (κ2) is 10.8. The molecule has 0 aliphatic carbocycles. The topological polar surface area (TPSA) is 93.7 Å². The van der Waals surface area contributed by atoms with Crippen molar-refractivity contribution in [3.8, 4) is 0 Å². The first-order valence-corrected chi connectivity index (χ1v) is 10.1. The Morgan fingerprint density at radius 3 is 1.91 bits per heavy atom. The van der Waals surface area contributed by atoms with Gasteiger partial charge in [0.15, 0.2) is 0 Å². The maximum atomic E-state index is 12.9. The minimum atomic E-state index is -4.78. The number of hydrogen-bond donors (Lipinski definition) is 2. The van der Waals surface area contributed by atoms with Gasteiger partial charge in [-0.15, -0.1) is 0 Å². The van der Waals surface area contributed by atoms with Crippen LogP contribution < -0.4 is 10.6 Å². The van der Waals surface area contributed by atoms with E-state index in [1.807, 2.05) is 26.1 Å². The van der Waals surface area contributed by atoms with Crippen molar-refractivity contribution in [3.63, 3.8) is 0 Å². The zero-order valence-corrected chi connectivity index (χ0v) is 19.2. The first kappa shape index (κ1) is 27.4. The number of benzene rings is 1. The van der Waals surface area contributed by atoms with Crippen LogP contribution in [0.25, 0.3) is 0 Å². The Labute approximate surface area is 186 Å². The molecular weight excluding hydrogens is 429 g/mol. The van der Waals surface area contributed by atoms with Crippen LogP contribution >= 0.6 is 0 Å². The Balaban J connectivity index is 2.72. The number of halogens is 3. The quantitative estimate of drug-likeness (QED) is 0.572. The summed E-state index contributed by atoms with van der Waals surface area (Å²) in [7, 11) is 0. The van der Waals surface area contributed by atoms with Crippen molar-refractivity contribution in [1.82, 2.24) is 10.6 Å². The number of hydrogen-bond acceptors (Lipinski definition) is 5. The summed E-state index contributed by atoms with van der Waals surface area (Å²) < 4.78 is 49.1. The molecule has 0 spiro atoms. The fraction of sp³-hybridized carbons (Fsp3) is 0.591. The minimum absolute atomic E-state index is 0.0733. The van der Waals surface area contributed by atoms with Crippen LogP contribution in [0.15, 0.2) is 24.3 Å². The van der Waals surface area contributed by atoms with E-state index in [-0.39, 0.29) is 12.1 Å². The van der Waals surface area contributed by atoms with Crippen molar-refractivity contribution >= 4 is 17.8 Å². The van der Waals surface area contributed by atoms with Crippen molar-refractivity contribution in [2.24, 2.45) is 0 Å². The Morgan fingerprint density at radius 1 is 0.906 bits per heavy atom. The summed E-state index contributed by atoms with van der Waals surface area (Å²) in [5.41, 5.74) is 0.256. The summed E-state index contributed by atoms with van der Waals surface area (Å²) in [5, 5.41) is 4.12. The molecule has 0 bridgehead atoms. The fourth-order valence-electron chi connectivity index (χ4n) is 2.37. The lowest BCUT2D eigenvalue weighted by Crippen LogP contribution is -2.50. The molecule has 0 aliphatic rings. The molecule has 0 heterocycles. The van der Waals surface area contributed by atoms with Gasteiger partial charge in [-0.05, 0) is 52.7 Å². The van der Waals surface area contributed by atoms with Crippen LogP contribution in [-0.4, -0.2) is 41.2 Å². The Morgan fingerprint density at radius 2 is 1.44 bits per heavy atom. The highest BCUT2D eigenvalue weighted by atomic mass is 19.4. The predicted molar refractivity (Wildman–Crippen MR) is 112 cm³/mol. The first-order chi connectivity index (χ1) is 14.5. The zero-order valence-electron chi connectivity index (χ0n) is 19.2. The van der Waals surface area contributed by atoms with Gasteiger partial charge in [0, 0.05) is 6.54 Å². The zero-order chi connectivity index (χ0) is 24.7. The standard InChI is InChI=1S/C22H31F3N2O5/c1-20(2,3)31-13-15-9-7-14(8-10-15)12-26-18(29)17(28)16(11-22(23,24)25)27-19(30)32-21(4,5)6/h7-10,16H,11-13H2,1-6H3,(H,26,29)(H,27,30). The molecule has 1 unspecified atom stereocenters. The van der Waals surface area contributed by atoms with Gasteiger partial charge in [-0.2, -0.15) is 13.2 Å². The molecule has 0 fully saturated rings. The maximum absolute atomic E-state index is 12.9. The van der Waals surface area contributed by atoms with Crippen molar-refractivity contribution in [2.45, 2.75) is 84.5 Å². The summed E-state index contributed by atoms with van der Waals surface area (Å²) in [6, 6.07) is 4.88. The van der Waals surface area contributed by atoms with Crippen LogP contribution in [0.3, 0.4) is 0 Å². The van der Waals surface area contributed by atoms with Crippen LogP contribution in [0.1, 0.15) is 59.1 Å². The smallest absolute Gasteiger partial charge is 0.408 e. The van der Waals surface area contributed by atoms with E-state index >= 15 is 0 Å². The van der Waals surface area contributed by atoms with Gasteiger partial charge in [-0.3, -0.25) is 9.59 Å². The summed E-state index contributed by atoms with van der Waals surface area (Å²) >= 11 is 0. The van der Waals surface area contributed by atoms with E-state index in [9.17, 15) is 27.6 Å². The lowest BCUT2D eigenvalue weighted by atomic mass is 10.1. The first-order valence-electron chi connectivity index (χ1n) is 10.1. The average molecular weight is 460 g/mol. The third kappa shape index (κ3) is 11.7. The maximum Gasteiger partial charge on any atom is 0.408 e. The Kier molecular flexibility index (Phi) is 9.25. The molecule has 1 rings (SSSR count). The van der Waals surface area contributed by atoms with E-state index < -0.39 is 42.0 Å². The normalized spacial score (nSPS) is 13.3. The highest BCUT2D eigenvalue weighted by Gasteiger charge is 2.39. The molecule has 0 aromatic heterocycles. The minimum Gasteiger partial charge on any atom is -0.444 e. The number of nitrogens with one attached hydrogen (secondary N) is 2. The van der Waals surface area contributed by atoms with Gasteiger partial charge in [-0.1, -0.05) is 24.3 Å². The second-order valence-corrected chi connectivity index (χ2v) is 9.28. The molecule has 1 atom stereocenters. The lowest BCUT2D eigenvalue weighted by Gasteiger charge is -2.23. The average Bonchev–Trinajstić information content (AvgIpc) is 2.60. The van der Waals surface area contributed by atoms with Crippen LogP contribution in [0, 0.1) is 0 Å². The molecule has 1 aromatic carbocycles. The molecule has 7 nitrogen and oxygen atoms in total. The van der Waals surface area contributed by atoms with E-state index in [1.54, 1.807) is 24.3 Å². The molecule has 32 heavy (non-hydrogen) atoms. The number of amides is 2. The number of ether oxygens (including phenoxy) is 2. The monoisotopic (exact) mass is 460 g/mol. The van der Waals surface area contributed by atoms with Crippen LogP contribution in [0.4, 0.5) is 18.0 Å². The molecule has 0 saturated heterocycles. The molecule has 2 N–H and O–H groups in total. The molecule has 10 heteroatoms. The van der Waals surface area contributed by atoms with Crippen LogP contribution in [0.2, 0.25) is 0 Å². The number of alkyl carbamates (subject to hydrolysis) is 1. The van der Waals surface area contributed by atoms with Crippen molar-refractivity contribution in [3.05, 3.63) is 35.4 Å². The van der Waals surface area contributed by atoms with Crippen molar-refractivity contribution < 1.29 is 37.0 Å². The molecular formula is C22H31F3N2O5. The number of carbonyl (C=O) groups excluding carboxylic acids is 3. The Bertz CT molecular complexity index is 794. The molecule has 180 valence electrons. The molecule has 0 saturated carbocycles. The van der Waals surface area contributed by atoms with Gasteiger partial charge in [0.2, 0.25) is 5.78 Å². The van der Waals surface area contributed by atoms with Crippen LogP contribution in [-0.2, 0) is 32.2 Å². The van der Waals surface area contributed by atoms with E-state index in [1.165, 1.54) is 20.8 Å². The number of rotatable bonds is 8. The molecule has 0 radical (unpaired) electrons. The van der Waals surface area contributed by atoms with Gasteiger partial charge in [0.25, 0.3) is 5.91 Å². The van der Waals surface area contributed by atoms with Gasteiger partial charge < -0.3 is 20.1 Å². The SMILES string of the molecule is CC(C)(C)OCc1ccc(CNC(=O)C(=O)C(CC(F)(F)F)NC(=O)OC(C)(C)C)cc1. The summed E-state index contributed by atoms with van der Waals surface area (Å²) in [5.74, 6) is -2.65.